The van der Waals surface area contributed by atoms with Crippen LogP contribution in [0, 0.1) is 0 Å². The van der Waals surface area contributed by atoms with Crippen LogP contribution in [0.4, 0.5) is 5.69 Å². The van der Waals surface area contributed by atoms with Crippen LogP contribution in [0.1, 0.15) is 15.6 Å². The van der Waals surface area contributed by atoms with E-state index in [-0.39, 0.29) is 11.7 Å². The van der Waals surface area contributed by atoms with Gasteiger partial charge in [0.2, 0.25) is 0 Å². The second-order valence-corrected chi connectivity index (χ2v) is 5.00. The van der Waals surface area contributed by atoms with Crippen molar-refractivity contribution in [1.29, 1.82) is 0 Å². The number of nitrogen functional groups attached to an aromatic ring is 1. The molecular formula is C13H11N3O2S. The third-order valence-corrected chi connectivity index (χ3v) is 3.43. The molecule has 0 aliphatic heterocycles. The Balaban J connectivity index is 1.77. The number of hydrogen-bond acceptors (Lipinski definition) is 5. The summed E-state index contributed by atoms with van der Waals surface area (Å²) < 4.78 is 5.47. The SMILES string of the molecule is Nc1ccc2oc(C(=O)NCc3nccs3)cc2c1. The number of nitrogens with one attached hydrogen (secondary N) is 1. The molecule has 0 aliphatic carbocycles. The van der Waals surface area contributed by atoms with Crippen LogP contribution in [-0.2, 0) is 6.54 Å². The number of anilines is 1. The summed E-state index contributed by atoms with van der Waals surface area (Å²) in [5.74, 6) is 0.0159. The number of aromatic nitrogens is 1. The van der Waals surface area contributed by atoms with Crippen molar-refractivity contribution in [2.24, 2.45) is 0 Å². The van der Waals surface area contributed by atoms with E-state index in [1.54, 1.807) is 30.5 Å². The van der Waals surface area contributed by atoms with Crippen molar-refractivity contribution in [3.8, 4) is 0 Å². The van der Waals surface area contributed by atoms with Gasteiger partial charge in [0.1, 0.15) is 10.6 Å². The quantitative estimate of drug-likeness (QED) is 0.718. The Morgan fingerprint density at radius 1 is 1.42 bits per heavy atom. The predicted octanol–water partition coefficient (Wildman–Crippen LogP) is 2.40. The number of thiazole rings is 1. The van der Waals surface area contributed by atoms with Gasteiger partial charge in [-0.05, 0) is 24.3 Å². The van der Waals surface area contributed by atoms with Crippen LogP contribution in [0.25, 0.3) is 11.0 Å². The Kier molecular flexibility index (Phi) is 2.92. The highest BCUT2D eigenvalue weighted by Crippen LogP contribution is 2.21. The van der Waals surface area contributed by atoms with Crippen LogP contribution < -0.4 is 11.1 Å². The molecule has 0 saturated carbocycles. The van der Waals surface area contributed by atoms with Crippen LogP contribution in [0.5, 0.6) is 0 Å². The van der Waals surface area contributed by atoms with Gasteiger partial charge in [-0.15, -0.1) is 11.3 Å². The lowest BCUT2D eigenvalue weighted by molar-refractivity contribution is 0.0925. The van der Waals surface area contributed by atoms with E-state index in [0.29, 0.717) is 17.8 Å². The lowest BCUT2D eigenvalue weighted by atomic mass is 10.2. The number of furan rings is 1. The summed E-state index contributed by atoms with van der Waals surface area (Å²) in [6, 6.07) is 6.95. The predicted molar refractivity (Wildman–Crippen MR) is 73.9 cm³/mol. The number of benzene rings is 1. The van der Waals surface area contributed by atoms with Crippen molar-refractivity contribution in [1.82, 2.24) is 10.3 Å². The summed E-state index contributed by atoms with van der Waals surface area (Å²) in [4.78, 5) is 16.0. The fourth-order valence-electron chi connectivity index (χ4n) is 1.76. The van der Waals surface area contributed by atoms with Crippen molar-refractivity contribution in [3.63, 3.8) is 0 Å². The molecule has 0 fully saturated rings. The zero-order chi connectivity index (χ0) is 13.2. The second-order valence-electron chi connectivity index (χ2n) is 4.02. The summed E-state index contributed by atoms with van der Waals surface area (Å²) >= 11 is 1.49. The lowest BCUT2D eigenvalue weighted by Crippen LogP contribution is -2.22. The van der Waals surface area contributed by atoms with E-state index in [9.17, 15) is 4.79 Å². The normalized spacial score (nSPS) is 10.7. The first kappa shape index (κ1) is 11.7. The molecule has 3 rings (SSSR count). The maximum Gasteiger partial charge on any atom is 0.287 e. The minimum Gasteiger partial charge on any atom is -0.451 e. The number of carbonyl (C=O) groups excluding carboxylic acids is 1. The van der Waals surface area contributed by atoms with Crippen molar-refractivity contribution in [2.45, 2.75) is 6.54 Å². The molecule has 3 N–H and O–H groups in total. The van der Waals surface area contributed by atoms with E-state index in [0.717, 1.165) is 10.4 Å². The Morgan fingerprint density at radius 2 is 2.32 bits per heavy atom. The fraction of sp³-hybridized carbons (Fsp3) is 0.0769. The zero-order valence-electron chi connectivity index (χ0n) is 9.92. The number of fused-ring (bicyclic) bond motifs is 1. The molecule has 1 amide bonds. The number of nitrogens with two attached hydrogens (primary N) is 1. The van der Waals surface area contributed by atoms with Crippen molar-refractivity contribution < 1.29 is 9.21 Å². The van der Waals surface area contributed by atoms with Gasteiger partial charge in [-0.2, -0.15) is 0 Å². The van der Waals surface area contributed by atoms with Gasteiger partial charge in [0.25, 0.3) is 5.91 Å². The molecule has 2 aromatic heterocycles. The summed E-state index contributed by atoms with van der Waals surface area (Å²) in [6.45, 7) is 0.398. The molecule has 0 aliphatic rings. The van der Waals surface area contributed by atoms with E-state index in [1.165, 1.54) is 11.3 Å². The van der Waals surface area contributed by atoms with Gasteiger partial charge in [0.05, 0.1) is 6.54 Å². The molecule has 5 nitrogen and oxygen atoms in total. The molecule has 19 heavy (non-hydrogen) atoms. The van der Waals surface area contributed by atoms with Gasteiger partial charge in [-0.3, -0.25) is 4.79 Å². The zero-order valence-corrected chi connectivity index (χ0v) is 10.7. The number of nitrogens with zero attached hydrogens (tertiary/aromatic N) is 1. The molecule has 0 unspecified atom stereocenters. The van der Waals surface area contributed by atoms with Crippen molar-refractivity contribution >= 4 is 33.9 Å². The van der Waals surface area contributed by atoms with Crippen LogP contribution in [0.2, 0.25) is 0 Å². The minimum absolute atomic E-state index is 0.259. The Bertz CT molecular complexity index is 719. The topological polar surface area (TPSA) is 81.1 Å². The molecule has 0 spiro atoms. The van der Waals surface area contributed by atoms with E-state index in [1.807, 2.05) is 5.38 Å². The highest BCUT2D eigenvalue weighted by atomic mass is 32.1. The van der Waals surface area contributed by atoms with E-state index < -0.39 is 0 Å². The minimum atomic E-state index is -0.259. The summed E-state index contributed by atoms with van der Waals surface area (Å²) in [6.07, 6.45) is 1.70. The summed E-state index contributed by atoms with van der Waals surface area (Å²) in [5, 5.41) is 6.30. The number of carbonyl (C=O) groups is 1. The molecule has 3 aromatic rings. The smallest absolute Gasteiger partial charge is 0.287 e. The highest BCUT2D eigenvalue weighted by molar-refractivity contribution is 7.09. The lowest BCUT2D eigenvalue weighted by Gasteiger charge is -1.98. The molecule has 0 saturated heterocycles. The molecule has 0 bridgehead atoms. The average Bonchev–Trinajstić information content (AvgIpc) is 3.04. The number of hydrogen-bond donors (Lipinski definition) is 2. The van der Waals surface area contributed by atoms with Crippen LogP contribution >= 0.6 is 11.3 Å². The van der Waals surface area contributed by atoms with Gasteiger partial charge < -0.3 is 15.5 Å². The number of amides is 1. The van der Waals surface area contributed by atoms with Crippen LogP contribution in [-0.4, -0.2) is 10.9 Å². The fourth-order valence-corrected chi connectivity index (χ4v) is 2.31. The molecule has 0 radical (unpaired) electrons. The third kappa shape index (κ3) is 2.43. The molecule has 2 heterocycles. The van der Waals surface area contributed by atoms with Gasteiger partial charge in [-0.1, -0.05) is 0 Å². The molecule has 6 heteroatoms. The molecular weight excluding hydrogens is 262 g/mol. The average molecular weight is 273 g/mol. The van der Waals surface area contributed by atoms with Gasteiger partial charge >= 0.3 is 0 Å². The highest BCUT2D eigenvalue weighted by Gasteiger charge is 2.12. The first-order valence-corrected chi connectivity index (χ1v) is 6.56. The maximum atomic E-state index is 11.9. The van der Waals surface area contributed by atoms with Crippen molar-refractivity contribution in [2.75, 3.05) is 5.73 Å². The molecule has 0 atom stereocenters. The number of rotatable bonds is 3. The van der Waals surface area contributed by atoms with E-state index in [4.69, 9.17) is 10.2 Å². The van der Waals surface area contributed by atoms with Crippen LogP contribution in [0.15, 0.2) is 40.3 Å². The van der Waals surface area contributed by atoms with Gasteiger partial charge in [0.15, 0.2) is 5.76 Å². The standard InChI is InChI=1S/C13H11N3O2S/c14-9-1-2-10-8(5-9)6-11(18-10)13(17)16-7-12-15-3-4-19-12/h1-6H,7,14H2,(H,16,17). The molecule has 96 valence electrons. The van der Waals surface area contributed by atoms with Gasteiger partial charge in [0, 0.05) is 22.7 Å². The Morgan fingerprint density at radius 3 is 3.11 bits per heavy atom. The van der Waals surface area contributed by atoms with Gasteiger partial charge in [-0.25, -0.2) is 4.98 Å². The largest absolute Gasteiger partial charge is 0.451 e. The van der Waals surface area contributed by atoms with Crippen LogP contribution in [0.3, 0.4) is 0 Å². The summed E-state index contributed by atoms with van der Waals surface area (Å²) in [5.41, 5.74) is 6.97. The summed E-state index contributed by atoms with van der Waals surface area (Å²) in [7, 11) is 0. The first-order valence-electron chi connectivity index (χ1n) is 5.68. The second kappa shape index (κ2) is 4.74. The van der Waals surface area contributed by atoms with Crippen molar-refractivity contribution in [3.05, 3.63) is 46.6 Å². The Labute approximate surface area is 113 Å². The molecule has 1 aromatic carbocycles. The Hall–Kier alpha value is -2.34. The monoisotopic (exact) mass is 273 g/mol. The third-order valence-electron chi connectivity index (χ3n) is 2.65. The van der Waals surface area contributed by atoms with E-state index >= 15 is 0 Å². The maximum absolute atomic E-state index is 11.9. The van der Waals surface area contributed by atoms with E-state index in [2.05, 4.69) is 10.3 Å². The first-order chi connectivity index (χ1) is 9.22.